The molecule has 28 heavy (non-hydrogen) atoms. The average Bonchev–Trinajstić information content (AvgIpc) is 2.74. The van der Waals surface area contributed by atoms with Crippen LogP contribution in [-0.2, 0) is 21.9 Å². The minimum atomic E-state index is -0.502. The monoisotopic (exact) mass is 401 g/mol. The van der Waals surface area contributed by atoms with E-state index in [2.05, 4.69) is 0 Å². The summed E-state index contributed by atoms with van der Waals surface area (Å²) in [5.74, 6) is 1.48. The number of piperidine rings is 1. The summed E-state index contributed by atoms with van der Waals surface area (Å²) in [6.07, 6.45) is 2.87. The number of ether oxygens (including phenoxy) is 2. The summed E-state index contributed by atoms with van der Waals surface area (Å²) < 4.78 is 25.9. The fourth-order valence-electron chi connectivity index (χ4n) is 3.64. The maximum Gasteiger partial charge on any atom is 0.232 e. The molecule has 2 heterocycles. The smallest absolute Gasteiger partial charge is 0.232 e. The molecule has 0 bridgehead atoms. The molecule has 6 heteroatoms. The Kier molecular flexibility index (Phi) is 6.17. The molecule has 0 unspecified atom stereocenters. The van der Waals surface area contributed by atoms with Crippen molar-refractivity contribution in [3.05, 3.63) is 65.0 Å². The minimum Gasteiger partial charge on any atom is -0.460 e. The van der Waals surface area contributed by atoms with Crippen LogP contribution in [0.25, 0.3) is 0 Å². The van der Waals surface area contributed by atoms with Gasteiger partial charge in [-0.2, -0.15) is 0 Å². The summed E-state index contributed by atoms with van der Waals surface area (Å²) in [6.45, 7) is 2.01. The van der Waals surface area contributed by atoms with Crippen molar-refractivity contribution in [2.24, 2.45) is 0 Å². The van der Waals surface area contributed by atoms with Gasteiger partial charge >= 0.3 is 0 Å². The molecule has 0 spiro atoms. The molecular formula is C22H24FNO3S. The van der Waals surface area contributed by atoms with Crippen LogP contribution in [0.1, 0.15) is 42.2 Å². The van der Waals surface area contributed by atoms with E-state index in [4.69, 9.17) is 9.47 Å². The minimum absolute atomic E-state index is 0.168. The molecule has 1 fully saturated rings. The molecule has 148 valence electrons. The predicted octanol–water partition coefficient (Wildman–Crippen LogP) is 4.68. The van der Waals surface area contributed by atoms with Gasteiger partial charge in [-0.25, -0.2) is 4.39 Å². The number of carbonyl (C=O) groups is 1. The lowest BCUT2D eigenvalue weighted by Crippen LogP contribution is -2.36. The molecule has 1 atom stereocenters. The van der Waals surface area contributed by atoms with E-state index in [9.17, 15) is 9.18 Å². The number of hydrogen-bond donors (Lipinski definition) is 0. The van der Waals surface area contributed by atoms with Gasteiger partial charge in [0, 0.05) is 35.5 Å². The van der Waals surface area contributed by atoms with Crippen LogP contribution < -0.4 is 4.74 Å². The fourth-order valence-corrected chi connectivity index (χ4v) is 4.54. The van der Waals surface area contributed by atoms with Gasteiger partial charge in [-0.1, -0.05) is 30.3 Å². The number of hydrogen-bond acceptors (Lipinski definition) is 4. The highest BCUT2D eigenvalue weighted by molar-refractivity contribution is 7.99. The molecule has 2 aromatic rings. The lowest BCUT2D eigenvalue weighted by atomic mass is 10.1. The number of benzene rings is 2. The molecule has 2 aliphatic rings. The Morgan fingerprint density at radius 2 is 1.93 bits per heavy atom. The number of thioether (sulfide) groups is 1. The second kappa shape index (κ2) is 8.97. The molecule has 1 amide bonds. The van der Waals surface area contributed by atoms with Gasteiger partial charge in [0.15, 0.2) is 0 Å². The van der Waals surface area contributed by atoms with Crippen LogP contribution in [0.4, 0.5) is 4.39 Å². The quantitative estimate of drug-likeness (QED) is 0.729. The maximum absolute atomic E-state index is 14.1. The van der Waals surface area contributed by atoms with Crippen molar-refractivity contribution in [2.75, 3.05) is 18.8 Å². The van der Waals surface area contributed by atoms with E-state index in [1.165, 1.54) is 30.3 Å². The van der Waals surface area contributed by atoms with Gasteiger partial charge in [0.25, 0.3) is 0 Å². The van der Waals surface area contributed by atoms with Crippen LogP contribution in [0.3, 0.4) is 0 Å². The molecule has 4 rings (SSSR count). The molecule has 2 aliphatic heterocycles. The van der Waals surface area contributed by atoms with Crippen molar-refractivity contribution >= 4 is 17.7 Å². The SMILES string of the molecule is O=C(CSCc1cc(F)cc2c1O[C@@H](c1ccccc1)OC2)N1CCCCC1. The number of nitrogens with zero attached hydrogens (tertiary/aromatic N) is 1. The molecule has 0 aliphatic carbocycles. The lowest BCUT2D eigenvalue weighted by molar-refractivity contribution is -0.129. The predicted molar refractivity (Wildman–Crippen MR) is 108 cm³/mol. The first-order valence-corrected chi connectivity index (χ1v) is 10.9. The molecule has 0 aromatic heterocycles. The highest BCUT2D eigenvalue weighted by Gasteiger charge is 2.25. The zero-order chi connectivity index (χ0) is 19.3. The standard InChI is InChI=1S/C22H24FNO3S/c23-19-11-17-13-26-22(16-7-3-1-4-8-16)27-21(17)18(12-19)14-28-15-20(25)24-9-5-2-6-10-24/h1,3-4,7-8,11-12,22H,2,5-6,9-10,13-15H2/t22-/m0/s1. The van der Waals surface area contributed by atoms with E-state index < -0.39 is 6.29 Å². The number of rotatable bonds is 5. The normalized spacial score (nSPS) is 19.0. The Hall–Kier alpha value is -2.05. The molecule has 0 N–H and O–H groups in total. The largest absolute Gasteiger partial charge is 0.460 e. The third-order valence-electron chi connectivity index (χ3n) is 5.09. The van der Waals surface area contributed by atoms with Gasteiger partial charge in [-0.15, -0.1) is 11.8 Å². The van der Waals surface area contributed by atoms with E-state index in [-0.39, 0.29) is 11.7 Å². The van der Waals surface area contributed by atoms with Gasteiger partial charge in [0.1, 0.15) is 11.6 Å². The van der Waals surface area contributed by atoms with Gasteiger partial charge in [0.2, 0.25) is 12.2 Å². The Bertz CT molecular complexity index is 824. The first kappa shape index (κ1) is 19.3. The second-order valence-corrected chi connectivity index (χ2v) is 8.14. The first-order valence-electron chi connectivity index (χ1n) is 9.71. The molecule has 4 nitrogen and oxygen atoms in total. The molecule has 0 radical (unpaired) electrons. The fraction of sp³-hybridized carbons (Fsp3) is 0.409. The number of carbonyl (C=O) groups excluding carboxylic acids is 1. The average molecular weight is 402 g/mol. The van der Waals surface area contributed by atoms with Crippen LogP contribution in [-0.4, -0.2) is 29.6 Å². The van der Waals surface area contributed by atoms with Gasteiger partial charge in [-0.3, -0.25) is 4.79 Å². The second-order valence-electron chi connectivity index (χ2n) is 7.16. The van der Waals surface area contributed by atoms with Crippen molar-refractivity contribution in [1.29, 1.82) is 0 Å². The summed E-state index contributed by atoms with van der Waals surface area (Å²) in [6, 6.07) is 12.7. The highest BCUT2D eigenvalue weighted by Crippen LogP contribution is 2.38. The van der Waals surface area contributed by atoms with Crippen molar-refractivity contribution in [1.82, 2.24) is 4.90 Å². The molecular weight excluding hydrogens is 377 g/mol. The van der Waals surface area contributed by atoms with Crippen LogP contribution >= 0.6 is 11.8 Å². The Morgan fingerprint density at radius 3 is 2.71 bits per heavy atom. The number of fused-ring (bicyclic) bond motifs is 1. The molecule has 2 aromatic carbocycles. The van der Waals surface area contributed by atoms with Crippen LogP contribution in [0.15, 0.2) is 42.5 Å². The lowest BCUT2D eigenvalue weighted by Gasteiger charge is -2.29. The van der Waals surface area contributed by atoms with Crippen molar-refractivity contribution in [2.45, 2.75) is 37.9 Å². The van der Waals surface area contributed by atoms with E-state index in [1.807, 2.05) is 35.2 Å². The molecule has 1 saturated heterocycles. The third-order valence-corrected chi connectivity index (χ3v) is 6.05. The summed E-state index contributed by atoms with van der Waals surface area (Å²) in [5.41, 5.74) is 2.41. The Morgan fingerprint density at radius 1 is 1.14 bits per heavy atom. The van der Waals surface area contributed by atoms with E-state index in [0.717, 1.165) is 37.1 Å². The van der Waals surface area contributed by atoms with Crippen molar-refractivity contribution < 1.29 is 18.7 Å². The highest BCUT2D eigenvalue weighted by atomic mass is 32.2. The topological polar surface area (TPSA) is 38.8 Å². The summed E-state index contributed by atoms with van der Waals surface area (Å²) >= 11 is 1.51. The number of halogens is 1. The summed E-state index contributed by atoms with van der Waals surface area (Å²) in [5, 5.41) is 0. The first-order chi connectivity index (χ1) is 13.7. The molecule has 0 saturated carbocycles. The van der Waals surface area contributed by atoms with Gasteiger partial charge < -0.3 is 14.4 Å². The van der Waals surface area contributed by atoms with E-state index in [0.29, 0.717) is 29.4 Å². The third kappa shape index (κ3) is 4.50. The van der Waals surface area contributed by atoms with Crippen molar-refractivity contribution in [3.63, 3.8) is 0 Å². The summed E-state index contributed by atoms with van der Waals surface area (Å²) in [4.78, 5) is 14.3. The van der Waals surface area contributed by atoms with Crippen LogP contribution in [0, 0.1) is 5.82 Å². The number of likely N-dealkylation sites (tertiary alicyclic amines) is 1. The van der Waals surface area contributed by atoms with E-state index >= 15 is 0 Å². The summed E-state index contributed by atoms with van der Waals surface area (Å²) in [7, 11) is 0. The zero-order valence-corrected chi connectivity index (χ0v) is 16.6. The van der Waals surface area contributed by atoms with Crippen LogP contribution in [0.2, 0.25) is 0 Å². The number of amides is 1. The van der Waals surface area contributed by atoms with Crippen molar-refractivity contribution in [3.8, 4) is 5.75 Å². The Balaban J connectivity index is 1.43. The maximum atomic E-state index is 14.1. The Labute approximate surface area is 169 Å². The van der Waals surface area contributed by atoms with Gasteiger partial charge in [0.05, 0.1) is 12.4 Å². The van der Waals surface area contributed by atoms with E-state index in [1.54, 1.807) is 0 Å². The zero-order valence-electron chi connectivity index (χ0n) is 15.7. The van der Waals surface area contributed by atoms with Crippen LogP contribution in [0.5, 0.6) is 5.75 Å². The van der Waals surface area contributed by atoms with Gasteiger partial charge in [-0.05, 0) is 31.4 Å².